The van der Waals surface area contributed by atoms with Crippen molar-refractivity contribution in [3.05, 3.63) is 97.2 Å². The van der Waals surface area contributed by atoms with Gasteiger partial charge in [-0.3, -0.25) is 4.98 Å². The van der Waals surface area contributed by atoms with Crippen LogP contribution in [0.15, 0.2) is 97.2 Å². The predicted molar refractivity (Wildman–Crippen MR) is 107 cm³/mol. The van der Waals surface area contributed by atoms with Crippen LogP contribution in [0.1, 0.15) is 0 Å². The number of aromatic nitrogens is 1. The Labute approximate surface area is 153 Å². The molecule has 3 aromatic carbocycles. The highest BCUT2D eigenvalue weighted by Crippen LogP contribution is 2.38. The maximum atomic E-state index is 5.30. The summed E-state index contributed by atoms with van der Waals surface area (Å²) in [6.07, 6.45) is 1.88. The van der Waals surface area contributed by atoms with Gasteiger partial charge in [0.25, 0.3) is 0 Å². The fourth-order valence-corrected chi connectivity index (χ4v) is 3.18. The second-order valence-corrected chi connectivity index (χ2v) is 6.04. The van der Waals surface area contributed by atoms with E-state index in [0.29, 0.717) is 0 Å². The number of hydrogen-bond acceptors (Lipinski definition) is 2. The molecule has 0 radical (unpaired) electrons. The second kappa shape index (κ2) is 7.24. The average Bonchev–Trinajstić information content (AvgIpc) is 2.74. The Hall–Kier alpha value is -3.39. The molecule has 0 unspecified atom stereocenters. The Morgan fingerprint density at radius 3 is 1.85 bits per heavy atom. The molecule has 126 valence electrons. The van der Waals surface area contributed by atoms with Crippen LogP contribution in [-0.4, -0.2) is 12.1 Å². The van der Waals surface area contributed by atoms with Gasteiger partial charge in [0.15, 0.2) is 0 Å². The first-order valence-electron chi connectivity index (χ1n) is 8.61. The van der Waals surface area contributed by atoms with E-state index in [2.05, 4.69) is 54.6 Å². The normalized spacial score (nSPS) is 10.5. The van der Waals surface area contributed by atoms with Crippen molar-refractivity contribution in [1.82, 2.24) is 4.98 Å². The Balaban J connectivity index is 1.97. The number of nitrogens with zero attached hydrogens (tertiary/aromatic N) is 1. The van der Waals surface area contributed by atoms with Crippen LogP contribution < -0.4 is 4.74 Å². The SMILES string of the molecule is COc1ccc(-c2ccnc(-c3ccccc3)c2-c2ccccc2)cc1. The number of benzene rings is 3. The van der Waals surface area contributed by atoms with Crippen LogP contribution in [0.25, 0.3) is 33.5 Å². The lowest BCUT2D eigenvalue weighted by Gasteiger charge is -2.15. The quantitative estimate of drug-likeness (QED) is 0.449. The predicted octanol–water partition coefficient (Wildman–Crippen LogP) is 6.09. The van der Waals surface area contributed by atoms with Gasteiger partial charge in [0, 0.05) is 17.3 Å². The third-order valence-corrected chi connectivity index (χ3v) is 4.46. The van der Waals surface area contributed by atoms with Crippen LogP contribution in [0.2, 0.25) is 0 Å². The van der Waals surface area contributed by atoms with E-state index in [-0.39, 0.29) is 0 Å². The van der Waals surface area contributed by atoms with Crippen LogP contribution in [0, 0.1) is 0 Å². The first-order chi connectivity index (χ1) is 12.9. The lowest BCUT2D eigenvalue weighted by Crippen LogP contribution is -1.93. The van der Waals surface area contributed by atoms with E-state index in [1.165, 1.54) is 0 Å². The third kappa shape index (κ3) is 3.09. The largest absolute Gasteiger partial charge is 0.497 e. The van der Waals surface area contributed by atoms with Crippen molar-refractivity contribution < 1.29 is 4.74 Å². The molecule has 0 atom stereocenters. The van der Waals surface area contributed by atoms with Crippen molar-refractivity contribution in [1.29, 1.82) is 0 Å². The maximum absolute atomic E-state index is 5.30. The van der Waals surface area contributed by atoms with E-state index in [4.69, 9.17) is 9.72 Å². The van der Waals surface area contributed by atoms with Gasteiger partial charge in [-0.05, 0) is 34.9 Å². The van der Waals surface area contributed by atoms with Crippen molar-refractivity contribution in [3.63, 3.8) is 0 Å². The van der Waals surface area contributed by atoms with Crippen molar-refractivity contribution >= 4 is 0 Å². The second-order valence-electron chi connectivity index (χ2n) is 6.04. The molecule has 2 nitrogen and oxygen atoms in total. The molecule has 0 N–H and O–H groups in total. The summed E-state index contributed by atoms with van der Waals surface area (Å²) in [7, 11) is 1.68. The molecule has 0 spiro atoms. The Bertz CT molecular complexity index is 993. The Morgan fingerprint density at radius 2 is 1.23 bits per heavy atom. The molecule has 4 rings (SSSR count). The molecule has 0 aliphatic rings. The molecule has 1 aromatic heterocycles. The molecule has 0 saturated carbocycles. The van der Waals surface area contributed by atoms with E-state index in [9.17, 15) is 0 Å². The van der Waals surface area contributed by atoms with Gasteiger partial charge in [-0.1, -0.05) is 72.8 Å². The Kier molecular flexibility index (Phi) is 4.48. The lowest BCUT2D eigenvalue weighted by molar-refractivity contribution is 0.415. The number of ether oxygens (including phenoxy) is 1. The number of pyridine rings is 1. The fourth-order valence-electron chi connectivity index (χ4n) is 3.18. The molecule has 4 aromatic rings. The molecule has 2 heteroatoms. The minimum absolute atomic E-state index is 0.854. The van der Waals surface area contributed by atoms with E-state index in [1.807, 2.05) is 42.6 Å². The van der Waals surface area contributed by atoms with Crippen molar-refractivity contribution in [2.75, 3.05) is 7.11 Å². The van der Waals surface area contributed by atoms with Crippen LogP contribution >= 0.6 is 0 Å². The molecular weight excluding hydrogens is 318 g/mol. The molecule has 26 heavy (non-hydrogen) atoms. The summed E-state index contributed by atoms with van der Waals surface area (Å²) in [4.78, 5) is 4.72. The first-order valence-corrected chi connectivity index (χ1v) is 8.61. The van der Waals surface area contributed by atoms with Gasteiger partial charge in [-0.2, -0.15) is 0 Å². The van der Waals surface area contributed by atoms with Crippen LogP contribution in [0.5, 0.6) is 5.75 Å². The van der Waals surface area contributed by atoms with Crippen molar-refractivity contribution in [2.24, 2.45) is 0 Å². The smallest absolute Gasteiger partial charge is 0.118 e. The number of methoxy groups -OCH3 is 1. The zero-order valence-corrected chi connectivity index (χ0v) is 14.6. The highest BCUT2D eigenvalue weighted by Gasteiger charge is 2.15. The minimum Gasteiger partial charge on any atom is -0.497 e. The van der Waals surface area contributed by atoms with Gasteiger partial charge in [-0.15, -0.1) is 0 Å². The van der Waals surface area contributed by atoms with E-state index < -0.39 is 0 Å². The minimum atomic E-state index is 0.854. The number of hydrogen-bond donors (Lipinski definition) is 0. The summed E-state index contributed by atoms with van der Waals surface area (Å²) in [5.41, 5.74) is 6.71. The number of rotatable bonds is 4. The summed E-state index contributed by atoms with van der Waals surface area (Å²) in [6, 6.07) is 31.0. The topological polar surface area (TPSA) is 22.1 Å². The van der Waals surface area contributed by atoms with E-state index in [1.54, 1.807) is 7.11 Å². The van der Waals surface area contributed by atoms with Gasteiger partial charge >= 0.3 is 0 Å². The van der Waals surface area contributed by atoms with E-state index in [0.717, 1.165) is 39.3 Å². The average molecular weight is 337 g/mol. The lowest BCUT2D eigenvalue weighted by atomic mass is 9.91. The van der Waals surface area contributed by atoms with Gasteiger partial charge in [0.2, 0.25) is 0 Å². The molecule has 0 amide bonds. The van der Waals surface area contributed by atoms with Crippen molar-refractivity contribution in [3.8, 4) is 39.3 Å². The highest BCUT2D eigenvalue weighted by atomic mass is 16.5. The van der Waals surface area contributed by atoms with Crippen molar-refractivity contribution in [2.45, 2.75) is 0 Å². The van der Waals surface area contributed by atoms with Crippen LogP contribution in [0.3, 0.4) is 0 Å². The summed E-state index contributed by atoms with van der Waals surface area (Å²) in [5.74, 6) is 0.854. The first kappa shape index (κ1) is 16.1. The molecule has 0 aliphatic carbocycles. The van der Waals surface area contributed by atoms with Crippen LogP contribution in [-0.2, 0) is 0 Å². The third-order valence-electron chi connectivity index (χ3n) is 4.46. The standard InChI is InChI=1S/C24H19NO/c1-26-21-14-12-18(13-15-21)22-16-17-25-24(20-10-6-3-7-11-20)23(22)19-8-4-2-5-9-19/h2-17H,1H3. The highest BCUT2D eigenvalue weighted by molar-refractivity contribution is 5.92. The zero-order valence-electron chi connectivity index (χ0n) is 14.6. The monoisotopic (exact) mass is 337 g/mol. The molecule has 0 aliphatic heterocycles. The van der Waals surface area contributed by atoms with Gasteiger partial charge in [0.05, 0.1) is 12.8 Å². The molecule has 0 bridgehead atoms. The maximum Gasteiger partial charge on any atom is 0.118 e. The van der Waals surface area contributed by atoms with E-state index >= 15 is 0 Å². The van der Waals surface area contributed by atoms with Gasteiger partial charge < -0.3 is 4.74 Å². The van der Waals surface area contributed by atoms with Gasteiger partial charge in [-0.25, -0.2) is 0 Å². The summed E-state index contributed by atoms with van der Waals surface area (Å²) in [6.45, 7) is 0. The van der Waals surface area contributed by atoms with Gasteiger partial charge in [0.1, 0.15) is 5.75 Å². The summed E-state index contributed by atoms with van der Waals surface area (Å²) in [5, 5.41) is 0. The molecule has 0 saturated heterocycles. The van der Waals surface area contributed by atoms with Crippen LogP contribution in [0.4, 0.5) is 0 Å². The summed E-state index contributed by atoms with van der Waals surface area (Å²) >= 11 is 0. The fraction of sp³-hybridized carbons (Fsp3) is 0.0417. The molecule has 1 heterocycles. The zero-order chi connectivity index (χ0) is 17.8. The molecule has 0 fully saturated rings. The molecular formula is C24H19NO. The Morgan fingerprint density at radius 1 is 0.615 bits per heavy atom. The summed E-state index contributed by atoms with van der Waals surface area (Å²) < 4.78 is 5.30.